The van der Waals surface area contributed by atoms with Crippen LogP contribution < -0.4 is 5.32 Å². The van der Waals surface area contributed by atoms with Gasteiger partial charge in [-0.05, 0) is 44.0 Å². The maximum absolute atomic E-state index is 13.5. The first-order chi connectivity index (χ1) is 8.09. The highest BCUT2D eigenvalue weighted by atomic mass is 19.1. The lowest BCUT2D eigenvalue weighted by molar-refractivity contribution is 0.0276. The third-order valence-electron chi connectivity index (χ3n) is 3.30. The average Bonchev–Trinajstić information content (AvgIpc) is 2.48. The van der Waals surface area contributed by atoms with E-state index in [1.165, 1.54) is 12.1 Å². The summed E-state index contributed by atoms with van der Waals surface area (Å²) < 4.78 is 26.3. The molecule has 1 saturated heterocycles. The quantitative estimate of drug-likeness (QED) is 0.830. The van der Waals surface area contributed by atoms with Gasteiger partial charge in [-0.25, -0.2) is 8.78 Å². The van der Waals surface area contributed by atoms with Crippen LogP contribution in [0.1, 0.15) is 24.8 Å². The number of benzene rings is 1. The maximum atomic E-state index is 13.5. The number of hydrogen-bond acceptors (Lipinski definition) is 2. The van der Waals surface area contributed by atoms with Crippen molar-refractivity contribution < 1.29 is 13.9 Å². The van der Waals surface area contributed by atoms with Crippen LogP contribution in [-0.4, -0.2) is 23.8 Å². The summed E-state index contributed by atoms with van der Waals surface area (Å²) in [5.74, 6) is -1.16. The summed E-state index contributed by atoms with van der Waals surface area (Å²) in [6, 6.07) is 3.52. The Morgan fingerprint density at radius 1 is 1.24 bits per heavy atom. The van der Waals surface area contributed by atoms with Gasteiger partial charge in [0, 0.05) is 12.5 Å². The highest BCUT2D eigenvalue weighted by Gasteiger charge is 2.29. The fourth-order valence-corrected chi connectivity index (χ4v) is 2.31. The minimum atomic E-state index is -0.873. The van der Waals surface area contributed by atoms with Crippen LogP contribution in [0, 0.1) is 11.6 Å². The molecule has 4 heteroatoms. The molecule has 0 amide bonds. The lowest BCUT2D eigenvalue weighted by Gasteiger charge is -2.26. The number of halogens is 2. The molecule has 1 unspecified atom stereocenters. The van der Waals surface area contributed by atoms with E-state index in [-0.39, 0.29) is 6.42 Å². The second-order valence-corrected chi connectivity index (χ2v) is 4.74. The molecule has 1 fully saturated rings. The Kier molecular flexibility index (Phi) is 3.74. The first kappa shape index (κ1) is 12.5. The van der Waals surface area contributed by atoms with Crippen LogP contribution in [0.4, 0.5) is 8.78 Å². The lowest BCUT2D eigenvalue weighted by atomic mass is 9.87. The molecular formula is C13H17F2NO. The fourth-order valence-electron chi connectivity index (χ4n) is 2.31. The molecule has 0 aliphatic carbocycles. The van der Waals surface area contributed by atoms with Gasteiger partial charge in [0.05, 0.1) is 5.60 Å². The van der Waals surface area contributed by atoms with Crippen LogP contribution in [0.2, 0.25) is 0 Å². The Balaban J connectivity index is 2.12. The van der Waals surface area contributed by atoms with Gasteiger partial charge in [0.25, 0.3) is 0 Å². The van der Waals surface area contributed by atoms with Crippen LogP contribution >= 0.6 is 0 Å². The minimum Gasteiger partial charge on any atom is -0.389 e. The lowest BCUT2D eigenvalue weighted by Crippen LogP contribution is -2.32. The van der Waals surface area contributed by atoms with E-state index in [0.29, 0.717) is 18.4 Å². The predicted octanol–water partition coefficient (Wildman–Crippen LogP) is 2.01. The predicted molar refractivity (Wildman–Crippen MR) is 61.7 cm³/mol. The SMILES string of the molecule is OC1(Cc2ccc(F)cc2F)CCCNCC1. The van der Waals surface area contributed by atoms with Crippen LogP contribution in [-0.2, 0) is 6.42 Å². The van der Waals surface area contributed by atoms with Crippen LogP contribution in [0.25, 0.3) is 0 Å². The molecule has 2 rings (SSSR count). The standard InChI is InChI=1S/C13H17F2NO/c14-11-3-2-10(12(15)8-11)9-13(17)4-1-6-16-7-5-13/h2-3,8,16-17H,1,4-7,9H2. The molecule has 0 radical (unpaired) electrons. The van der Waals surface area contributed by atoms with Crippen molar-refractivity contribution in [1.29, 1.82) is 0 Å². The second kappa shape index (κ2) is 5.10. The highest BCUT2D eigenvalue weighted by molar-refractivity contribution is 5.20. The highest BCUT2D eigenvalue weighted by Crippen LogP contribution is 2.25. The van der Waals surface area contributed by atoms with Gasteiger partial charge in [0.2, 0.25) is 0 Å². The summed E-state index contributed by atoms with van der Waals surface area (Å²) in [4.78, 5) is 0. The Labute approximate surface area is 99.7 Å². The van der Waals surface area contributed by atoms with Gasteiger partial charge in [0.1, 0.15) is 11.6 Å². The zero-order valence-electron chi connectivity index (χ0n) is 9.68. The average molecular weight is 241 g/mol. The molecule has 1 aromatic rings. The van der Waals surface area contributed by atoms with Crippen molar-refractivity contribution in [3.8, 4) is 0 Å². The summed E-state index contributed by atoms with van der Waals surface area (Å²) in [6.45, 7) is 1.62. The van der Waals surface area contributed by atoms with Crippen LogP contribution in [0.5, 0.6) is 0 Å². The second-order valence-electron chi connectivity index (χ2n) is 4.74. The summed E-state index contributed by atoms with van der Waals surface area (Å²) in [5.41, 5.74) is -0.488. The Hall–Kier alpha value is -1.00. The maximum Gasteiger partial charge on any atom is 0.129 e. The van der Waals surface area contributed by atoms with Gasteiger partial charge in [-0.1, -0.05) is 6.07 Å². The number of rotatable bonds is 2. The van der Waals surface area contributed by atoms with Gasteiger partial charge in [-0.15, -0.1) is 0 Å². The van der Waals surface area contributed by atoms with Crippen LogP contribution in [0.3, 0.4) is 0 Å². The van der Waals surface area contributed by atoms with E-state index < -0.39 is 17.2 Å². The van der Waals surface area contributed by atoms with Gasteiger partial charge in [-0.3, -0.25) is 0 Å². The molecular weight excluding hydrogens is 224 g/mol. The molecule has 0 aromatic heterocycles. The molecule has 2 nitrogen and oxygen atoms in total. The van der Waals surface area contributed by atoms with E-state index in [9.17, 15) is 13.9 Å². The van der Waals surface area contributed by atoms with Crippen molar-refractivity contribution in [3.05, 3.63) is 35.4 Å². The molecule has 2 N–H and O–H groups in total. The van der Waals surface area contributed by atoms with E-state index in [1.807, 2.05) is 0 Å². The van der Waals surface area contributed by atoms with Gasteiger partial charge >= 0.3 is 0 Å². The fraction of sp³-hybridized carbons (Fsp3) is 0.538. The van der Waals surface area contributed by atoms with E-state index in [2.05, 4.69) is 5.32 Å². The smallest absolute Gasteiger partial charge is 0.129 e. The molecule has 1 aliphatic heterocycles. The van der Waals surface area contributed by atoms with E-state index in [1.54, 1.807) is 0 Å². The van der Waals surface area contributed by atoms with E-state index in [0.717, 1.165) is 25.6 Å². The van der Waals surface area contributed by atoms with Crippen LogP contribution in [0.15, 0.2) is 18.2 Å². The number of aliphatic hydroxyl groups is 1. The summed E-state index contributed by atoms with van der Waals surface area (Å²) >= 11 is 0. The first-order valence-electron chi connectivity index (χ1n) is 5.96. The van der Waals surface area contributed by atoms with Crippen molar-refractivity contribution >= 4 is 0 Å². The molecule has 17 heavy (non-hydrogen) atoms. The Morgan fingerprint density at radius 2 is 2.06 bits per heavy atom. The van der Waals surface area contributed by atoms with Crippen molar-refractivity contribution in [3.63, 3.8) is 0 Å². The molecule has 1 aliphatic rings. The van der Waals surface area contributed by atoms with Crippen molar-refractivity contribution in [2.45, 2.75) is 31.3 Å². The zero-order valence-corrected chi connectivity index (χ0v) is 9.68. The largest absolute Gasteiger partial charge is 0.389 e. The van der Waals surface area contributed by atoms with E-state index >= 15 is 0 Å². The molecule has 0 saturated carbocycles. The van der Waals surface area contributed by atoms with Gasteiger partial charge in [-0.2, -0.15) is 0 Å². The topological polar surface area (TPSA) is 32.3 Å². The van der Waals surface area contributed by atoms with Gasteiger partial charge in [0.15, 0.2) is 0 Å². The van der Waals surface area contributed by atoms with Gasteiger partial charge < -0.3 is 10.4 Å². The third-order valence-corrected chi connectivity index (χ3v) is 3.30. The molecule has 94 valence electrons. The summed E-state index contributed by atoms with van der Waals surface area (Å²) in [6.07, 6.45) is 2.38. The van der Waals surface area contributed by atoms with Crippen molar-refractivity contribution in [1.82, 2.24) is 5.32 Å². The van der Waals surface area contributed by atoms with Crippen molar-refractivity contribution in [2.24, 2.45) is 0 Å². The Bertz CT molecular complexity index is 387. The number of nitrogens with one attached hydrogen (secondary N) is 1. The molecule has 1 aromatic carbocycles. The summed E-state index contributed by atoms with van der Waals surface area (Å²) in [7, 11) is 0. The number of hydrogen-bond donors (Lipinski definition) is 2. The zero-order chi connectivity index (χ0) is 12.3. The molecule has 0 bridgehead atoms. The molecule has 0 spiro atoms. The third kappa shape index (κ3) is 3.23. The van der Waals surface area contributed by atoms with E-state index in [4.69, 9.17) is 0 Å². The van der Waals surface area contributed by atoms with Crippen molar-refractivity contribution in [2.75, 3.05) is 13.1 Å². The normalized spacial score (nSPS) is 25.6. The first-order valence-corrected chi connectivity index (χ1v) is 5.96. The Morgan fingerprint density at radius 3 is 2.82 bits per heavy atom. The molecule has 1 atom stereocenters. The monoisotopic (exact) mass is 241 g/mol. The minimum absolute atomic E-state index is 0.251. The summed E-state index contributed by atoms with van der Waals surface area (Å²) in [5, 5.41) is 13.6. The molecule has 1 heterocycles.